The summed E-state index contributed by atoms with van der Waals surface area (Å²) in [6.07, 6.45) is 1.45. The molecule has 0 bridgehead atoms. The van der Waals surface area contributed by atoms with Crippen LogP contribution < -0.4 is 10.6 Å². The summed E-state index contributed by atoms with van der Waals surface area (Å²) < 4.78 is 0. The number of hydrogen-bond acceptors (Lipinski definition) is 5. The lowest BCUT2D eigenvalue weighted by atomic mass is 9.97. The molecule has 33 heavy (non-hydrogen) atoms. The Morgan fingerprint density at radius 3 is 2.79 bits per heavy atom. The van der Waals surface area contributed by atoms with Gasteiger partial charge in [-0.2, -0.15) is 0 Å². The maximum absolute atomic E-state index is 12.9. The van der Waals surface area contributed by atoms with E-state index in [0.29, 0.717) is 43.8 Å². The first kappa shape index (κ1) is 23.2. The molecule has 0 spiro atoms. The number of anilines is 1. The van der Waals surface area contributed by atoms with E-state index < -0.39 is 6.04 Å². The number of benzene rings is 1. The number of urea groups is 1. The van der Waals surface area contributed by atoms with Crippen molar-refractivity contribution >= 4 is 40.5 Å². The summed E-state index contributed by atoms with van der Waals surface area (Å²) in [5.74, 6) is -0.0149. The van der Waals surface area contributed by atoms with Gasteiger partial charge >= 0.3 is 6.03 Å². The number of hydrogen-bond donors (Lipinski definition) is 2. The minimum absolute atomic E-state index is 0.0479. The van der Waals surface area contributed by atoms with E-state index in [9.17, 15) is 19.2 Å². The summed E-state index contributed by atoms with van der Waals surface area (Å²) in [5.41, 5.74) is 4.58. The third-order valence-corrected chi connectivity index (χ3v) is 7.45. The largest absolute Gasteiger partial charge is 0.333 e. The van der Waals surface area contributed by atoms with Gasteiger partial charge in [-0.05, 0) is 54.5 Å². The van der Waals surface area contributed by atoms with Gasteiger partial charge in [0.25, 0.3) is 5.91 Å². The van der Waals surface area contributed by atoms with Crippen molar-refractivity contribution in [2.45, 2.75) is 71.5 Å². The summed E-state index contributed by atoms with van der Waals surface area (Å²) >= 11 is 1.44. The molecule has 7 nitrogen and oxygen atoms in total. The van der Waals surface area contributed by atoms with Crippen molar-refractivity contribution in [3.63, 3.8) is 0 Å². The standard InChI is InChI=1S/C25H29N3O4S/c1-14(2)18-9-16(8-7-15(18)3)27-25(32)26-11-23-19-12-28(24(31)20(19)13-33-23)21-6-4-5-17(29)10-22(21)30/h7-9,13-14,21H,4-6,10-12H2,1-3H3,(H2,26,27,32)/t21-/m0/s1. The van der Waals surface area contributed by atoms with Gasteiger partial charge < -0.3 is 15.5 Å². The third kappa shape index (κ3) is 4.85. The molecule has 3 amide bonds. The Morgan fingerprint density at radius 1 is 1.24 bits per heavy atom. The van der Waals surface area contributed by atoms with E-state index in [-0.39, 0.29) is 29.9 Å². The smallest absolute Gasteiger partial charge is 0.319 e. The molecule has 1 aromatic carbocycles. The van der Waals surface area contributed by atoms with E-state index in [1.54, 1.807) is 10.3 Å². The van der Waals surface area contributed by atoms with Crippen LogP contribution in [0.5, 0.6) is 0 Å². The molecule has 1 atom stereocenters. The number of carbonyl (C=O) groups is 4. The van der Waals surface area contributed by atoms with Crippen LogP contribution in [0.4, 0.5) is 10.5 Å². The zero-order chi connectivity index (χ0) is 23.7. The number of carbonyl (C=O) groups excluding carboxylic acids is 4. The van der Waals surface area contributed by atoms with Crippen molar-refractivity contribution in [3.8, 4) is 0 Å². The summed E-state index contributed by atoms with van der Waals surface area (Å²) in [6.45, 7) is 6.94. The molecule has 0 radical (unpaired) electrons. The van der Waals surface area contributed by atoms with E-state index >= 15 is 0 Å². The number of Topliss-reactive ketones (excluding diaryl/α,β-unsaturated/α-hetero) is 2. The highest BCUT2D eigenvalue weighted by atomic mass is 32.1. The first-order valence-electron chi connectivity index (χ1n) is 11.3. The van der Waals surface area contributed by atoms with Crippen molar-refractivity contribution in [3.05, 3.63) is 50.7 Å². The Morgan fingerprint density at radius 2 is 2.03 bits per heavy atom. The molecule has 2 aromatic rings. The number of ketones is 2. The molecule has 1 aromatic heterocycles. The van der Waals surface area contributed by atoms with E-state index in [1.165, 1.54) is 22.5 Å². The van der Waals surface area contributed by atoms with Gasteiger partial charge in [0.2, 0.25) is 0 Å². The summed E-state index contributed by atoms with van der Waals surface area (Å²) in [6, 6.07) is 5.03. The van der Waals surface area contributed by atoms with Gasteiger partial charge in [0, 0.05) is 28.9 Å². The first-order chi connectivity index (χ1) is 15.7. The van der Waals surface area contributed by atoms with Crippen molar-refractivity contribution in [2.75, 3.05) is 5.32 Å². The topological polar surface area (TPSA) is 95.6 Å². The van der Waals surface area contributed by atoms with E-state index in [4.69, 9.17) is 0 Å². The molecule has 0 unspecified atom stereocenters. The maximum Gasteiger partial charge on any atom is 0.319 e. The van der Waals surface area contributed by atoms with Crippen molar-refractivity contribution in [1.29, 1.82) is 0 Å². The average Bonchev–Trinajstić information content (AvgIpc) is 3.25. The van der Waals surface area contributed by atoms with Crippen LogP contribution in [0.15, 0.2) is 23.6 Å². The lowest BCUT2D eigenvalue weighted by molar-refractivity contribution is -0.128. The van der Waals surface area contributed by atoms with E-state index in [2.05, 4.69) is 31.4 Å². The van der Waals surface area contributed by atoms with Gasteiger partial charge in [-0.15, -0.1) is 11.3 Å². The van der Waals surface area contributed by atoms with Crippen LogP contribution in [0.2, 0.25) is 0 Å². The molecule has 174 valence electrons. The van der Waals surface area contributed by atoms with Gasteiger partial charge in [0.05, 0.1) is 24.6 Å². The van der Waals surface area contributed by atoms with Crippen LogP contribution in [0.3, 0.4) is 0 Å². The summed E-state index contributed by atoms with van der Waals surface area (Å²) in [4.78, 5) is 52.2. The molecule has 0 saturated heterocycles. The number of thiophene rings is 1. The Bertz CT molecular complexity index is 1120. The molecular weight excluding hydrogens is 438 g/mol. The highest BCUT2D eigenvalue weighted by Gasteiger charge is 2.39. The molecule has 1 saturated carbocycles. The number of fused-ring (bicyclic) bond motifs is 1. The van der Waals surface area contributed by atoms with Crippen molar-refractivity contribution in [2.24, 2.45) is 0 Å². The molecule has 4 rings (SSSR count). The lowest BCUT2D eigenvalue weighted by Crippen LogP contribution is -2.41. The monoisotopic (exact) mass is 467 g/mol. The molecule has 1 aliphatic carbocycles. The summed E-state index contributed by atoms with van der Waals surface area (Å²) in [7, 11) is 0. The molecule has 2 heterocycles. The number of aryl methyl sites for hydroxylation is 1. The minimum Gasteiger partial charge on any atom is -0.333 e. The number of nitrogens with one attached hydrogen (secondary N) is 2. The second-order valence-corrected chi connectivity index (χ2v) is 10.1. The van der Waals surface area contributed by atoms with Gasteiger partial charge in [-0.3, -0.25) is 14.4 Å². The fraction of sp³-hybridized carbons (Fsp3) is 0.440. The lowest BCUT2D eigenvalue weighted by Gasteiger charge is -2.25. The summed E-state index contributed by atoms with van der Waals surface area (Å²) in [5, 5.41) is 7.56. The molecule has 2 N–H and O–H groups in total. The third-order valence-electron chi connectivity index (χ3n) is 6.42. The average molecular weight is 468 g/mol. The Hall–Kier alpha value is -3.00. The SMILES string of the molecule is Cc1ccc(NC(=O)NCc2scc3c2CN([C@H]2CCCC(=O)CC2=O)C3=O)cc1C(C)C. The van der Waals surface area contributed by atoms with E-state index in [0.717, 1.165) is 16.1 Å². The van der Waals surface area contributed by atoms with Gasteiger partial charge in [-0.1, -0.05) is 19.9 Å². The molecule has 2 aliphatic rings. The fourth-order valence-electron chi connectivity index (χ4n) is 4.63. The van der Waals surface area contributed by atoms with Crippen LogP contribution in [0.25, 0.3) is 0 Å². The number of nitrogens with zero attached hydrogens (tertiary/aromatic N) is 1. The second kappa shape index (κ2) is 9.47. The predicted molar refractivity (Wildman–Crippen MR) is 128 cm³/mol. The molecule has 8 heteroatoms. The van der Waals surface area contributed by atoms with Crippen LogP contribution in [0, 0.1) is 6.92 Å². The van der Waals surface area contributed by atoms with Crippen molar-refractivity contribution < 1.29 is 19.2 Å². The maximum atomic E-state index is 12.9. The van der Waals surface area contributed by atoms with E-state index in [1.807, 2.05) is 18.2 Å². The normalized spacial score (nSPS) is 18.5. The highest BCUT2D eigenvalue weighted by Crippen LogP contribution is 2.34. The van der Waals surface area contributed by atoms with Gasteiger partial charge in [0.15, 0.2) is 5.78 Å². The zero-order valence-corrected chi connectivity index (χ0v) is 20.0. The minimum atomic E-state index is -0.540. The van der Waals surface area contributed by atoms with Crippen LogP contribution in [-0.2, 0) is 22.7 Å². The van der Waals surface area contributed by atoms with Crippen LogP contribution in [0.1, 0.15) is 77.4 Å². The first-order valence-corrected chi connectivity index (χ1v) is 12.2. The Balaban J connectivity index is 1.40. The molecule has 1 fully saturated rings. The quantitative estimate of drug-likeness (QED) is 0.499. The van der Waals surface area contributed by atoms with Crippen LogP contribution in [-0.4, -0.2) is 34.4 Å². The zero-order valence-electron chi connectivity index (χ0n) is 19.2. The fourth-order valence-corrected chi connectivity index (χ4v) is 5.61. The predicted octanol–water partition coefficient (Wildman–Crippen LogP) is 4.54. The Kier molecular flexibility index (Phi) is 6.65. The molecule has 1 aliphatic heterocycles. The Labute approximate surface area is 197 Å². The second-order valence-electron chi connectivity index (χ2n) is 9.11. The highest BCUT2D eigenvalue weighted by molar-refractivity contribution is 7.10. The van der Waals surface area contributed by atoms with Gasteiger partial charge in [-0.25, -0.2) is 4.79 Å². The van der Waals surface area contributed by atoms with Gasteiger partial charge in [0.1, 0.15) is 5.78 Å². The number of rotatable bonds is 5. The molecular formula is C25H29N3O4S. The van der Waals surface area contributed by atoms with Crippen molar-refractivity contribution in [1.82, 2.24) is 10.2 Å². The number of amides is 3. The van der Waals surface area contributed by atoms with Crippen LogP contribution >= 0.6 is 11.3 Å².